The molecule has 2 saturated carbocycles. The Morgan fingerprint density at radius 2 is 1.56 bits per heavy atom. The molecule has 2 aliphatic carbocycles. The summed E-state index contributed by atoms with van der Waals surface area (Å²) in [5.74, 6) is -3.82. The van der Waals surface area contributed by atoms with Gasteiger partial charge < -0.3 is 54.1 Å². The first kappa shape index (κ1) is 56.0. The van der Waals surface area contributed by atoms with Crippen molar-refractivity contribution in [2.75, 3.05) is 45.3 Å². The molecule has 1 saturated heterocycles. The van der Waals surface area contributed by atoms with Crippen LogP contribution < -0.4 is 30.7 Å². The molecule has 7 rings (SSSR count). The number of carbonyl (C=O) groups excluding carboxylic acids is 5. The number of likely N-dealkylation sites (tertiary alicyclic amines) is 1. The Hall–Kier alpha value is -6.72. The third-order valence-corrected chi connectivity index (χ3v) is 14.1. The summed E-state index contributed by atoms with van der Waals surface area (Å²) in [6.07, 6.45) is 6.26. The molecule has 1 aliphatic heterocycles. The van der Waals surface area contributed by atoms with Gasteiger partial charge in [-0.2, -0.15) is 23.8 Å². The van der Waals surface area contributed by atoms with Crippen LogP contribution in [0.5, 0.6) is 17.4 Å². The fourth-order valence-electron chi connectivity index (χ4n) is 9.42. The fraction of sp³-hybridized carbons (Fsp3) is 0.481. The molecule has 0 spiro atoms. The highest BCUT2D eigenvalue weighted by atomic mass is 32.2. The minimum absolute atomic E-state index is 0.0220. The highest BCUT2D eigenvalue weighted by Gasteiger charge is 2.43. The van der Waals surface area contributed by atoms with Gasteiger partial charge in [-0.3, -0.25) is 29.0 Å². The Morgan fingerprint density at radius 3 is 2.27 bits per heavy atom. The van der Waals surface area contributed by atoms with Crippen molar-refractivity contribution < 1.29 is 64.7 Å². The largest absolute Gasteiger partial charge is 0.489 e. The molecule has 23 heteroatoms. The Kier molecular flexibility index (Phi) is 19.9. The van der Waals surface area contributed by atoms with Gasteiger partial charge in [-0.25, -0.2) is 9.37 Å². The van der Waals surface area contributed by atoms with Crippen LogP contribution in [0.3, 0.4) is 0 Å². The van der Waals surface area contributed by atoms with Gasteiger partial charge in [0.1, 0.15) is 11.4 Å². The van der Waals surface area contributed by atoms with Crippen LogP contribution in [-0.2, 0) is 49.6 Å². The first-order chi connectivity index (χ1) is 36.0. The summed E-state index contributed by atoms with van der Waals surface area (Å²) in [6, 6.07) is 12.4. The van der Waals surface area contributed by atoms with E-state index in [0.717, 1.165) is 49.4 Å². The van der Waals surface area contributed by atoms with E-state index in [1.54, 1.807) is 30.4 Å². The molecule has 18 nitrogen and oxygen atoms in total. The van der Waals surface area contributed by atoms with Crippen LogP contribution >= 0.6 is 0 Å². The molecular weight excluding hydrogens is 1000 g/mol. The number of amides is 5. The number of aromatic nitrogens is 2. The van der Waals surface area contributed by atoms with E-state index in [1.807, 2.05) is 6.07 Å². The fourth-order valence-corrected chi connectivity index (χ4v) is 9.86. The average Bonchev–Trinajstić information content (AvgIpc) is 3.70. The molecule has 0 unspecified atom stereocenters. The van der Waals surface area contributed by atoms with Crippen molar-refractivity contribution in [3.05, 3.63) is 102 Å². The van der Waals surface area contributed by atoms with Gasteiger partial charge in [-0.1, -0.05) is 29.2 Å². The molecule has 3 aliphatic rings. The second kappa shape index (κ2) is 26.7. The van der Waals surface area contributed by atoms with Crippen molar-refractivity contribution in [3.8, 4) is 17.4 Å². The molecule has 404 valence electrons. The summed E-state index contributed by atoms with van der Waals surface area (Å²) < 4.78 is 98.1. The maximum Gasteiger partial charge on any atom is 0.417 e. The summed E-state index contributed by atoms with van der Waals surface area (Å²) >= 11 is 0. The maximum atomic E-state index is 14.4. The van der Waals surface area contributed by atoms with Crippen LogP contribution in [0.25, 0.3) is 0 Å². The van der Waals surface area contributed by atoms with E-state index in [-0.39, 0.29) is 95.5 Å². The van der Waals surface area contributed by atoms with Gasteiger partial charge in [0.05, 0.1) is 42.9 Å². The Balaban J connectivity index is 0.745. The number of pyridine rings is 2. The van der Waals surface area contributed by atoms with Gasteiger partial charge in [-0.15, -0.1) is 0 Å². The number of halogens is 4. The topological polar surface area (TPSA) is 240 Å². The number of rotatable bonds is 23. The standard InChI is InChI=1S/C52H61F4N8O10S/c1-64-46(66)29-41(47(64)33-6-3-20-58-30-33)49(68)60-22-25-72-39-17-15-38(16-18-39)71-23-4-9-45(65)62-36-13-10-32(11-14-36)48(67)59-21-5-24-73-44-27-35(53)12-19-43(44)74-51-42(26-34(31-61-51)52(54,55)56)50(69)63-37-7-2-8-40(28-37)75(57)70/h2-3,6-8,12,19-20,26-28,30-32,36,38-39,41,47,57H,4-5,9-11,13-18,21-25,29H2,1H3,(H,59,67)(H,60,68)(H,62,65)(H,63,69)/q-1/t32?,36?,38?,39?,41-,47+/m0/s1. The number of nitrogens with one attached hydrogen (secondary N) is 5. The number of anilines is 1. The normalized spacial score (nSPS) is 20.8. The van der Waals surface area contributed by atoms with Crippen LogP contribution in [0, 0.1) is 22.4 Å². The minimum atomic E-state index is -4.86. The number of benzene rings is 2. The zero-order chi connectivity index (χ0) is 53.5. The van der Waals surface area contributed by atoms with Crippen LogP contribution in [0.15, 0.2) is 84.1 Å². The Labute approximate surface area is 433 Å². The highest BCUT2D eigenvalue weighted by molar-refractivity contribution is 7.73. The lowest BCUT2D eigenvalue weighted by Gasteiger charge is -2.29. The molecule has 2 aromatic heterocycles. The van der Waals surface area contributed by atoms with Gasteiger partial charge in [0, 0.05) is 81.9 Å². The SMILES string of the molecule is CN1C(=O)C[C@H](C(=O)NCCOC2CCC(OCCCC(=O)NC3CCC(C(=O)NCCCOc4cc(F)ccc4Oc4ncc(C(F)(F)F)cc4C(=O)Nc4cccc([S-](=N)=O)c4)CC3)CC2)[C@H]1c1cccnc1. The molecular formula is C52H61F4N8O10S-. The summed E-state index contributed by atoms with van der Waals surface area (Å²) in [6.45, 7) is 1.38. The Morgan fingerprint density at radius 1 is 0.827 bits per heavy atom. The molecule has 5 amide bonds. The van der Waals surface area contributed by atoms with E-state index in [0.29, 0.717) is 77.0 Å². The molecule has 5 N–H and O–H groups in total. The quantitative estimate of drug-likeness (QED) is 0.0272. The zero-order valence-corrected chi connectivity index (χ0v) is 42.2. The summed E-state index contributed by atoms with van der Waals surface area (Å²) in [5, 5.41) is 11.3. The van der Waals surface area contributed by atoms with Crippen molar-refractivity contribution in [1.82, 2.24) is 30.8 Å². The van der Waals surface area contributed by atoms with Crippen LogP contribution in [0.4, 0.5) is 23.2 Å². The van der Waals surface area contributed by atoms with Crippen molar-refractivity contribution in [2.24, 2.45) is 11.8 Å². The summed E-state index contributed by atoms with van der Waals surface area (Å²) in [5.41, 5.74) is -0.989. The average molecular weight is 1070 g/mol. The van der Waals surface area contributed by atoms with E-state index < -0.39 is 51.4 Å². The van der Waals surface area contributed by atoms with Crippen molar-refractivity contribution >= 4 is 45.8 Å². The number of ether oxygens (including phenoxy) is 4. The molecule has 2 aromatic carbocycles. The maximum absolute atomic E-state index is 14.4. The summed E-state index contributed by atoms with van der Waals surface area (Å²) in [7, 11) is -0.438. The molecule has 2 atom stereocenters. The molecule has 0 radical (unpaired) electrons. The monoisotopic (exact) mass is 1070 g/mol. The van der Waals surface area contributed by atoms with Gasteiger partial charge >= 0.3 is 6.18 Å². The molecule has 3 heterocycles. The molecule has 3 fully saturated rings. The van der Waals surface area contributed by atoms with Gasteiger partial charge in [-0.05, 0) is 100 Å². The number of hydrogen-bond donors (Lipinski definition) is 5. The first-order valence-corrected chi connectivity index (χ1v) is 26.1. The van der Waals surface area contributed by atoms with Crippen LogP contribution in [0.1, 0.15) is 105 Å². The van der Waals surface area contributed by atoms with Gasteiger partial charge in [0.25, 0.3) is 5.91 Å². The predicted octanol–water partition coefficient (Wildman–Crippen LogP) is 7.78. The highest BCUT2D eigenvalue weighted by Crippen LogP contribution is 2.38. The third-order valence-electron chi connectivity index (χ3n) is 13.4. The van der Waals surface area contributed by atoms with Gasteiger partial charge in [0.2, 0.25) is 29.5 Å². The van der Waals surface area contributed by atoms with Crippen molar-refractivity contribution in [3.63, 3.8) is 0 Å². The lowest BCUT2D eigenvalue weighted by Crippen LogP contribution is -2.41. The second-order valence-electron chi connectivity index (χ2n) is 18.7. The predicted molar refractivity (Wildman–Crippen MR) is 264 cm³/mol. The molecule has 0 bridgehead atoms. The van der Waals surface area contributed by atoms with Gasteiger partial charge in [0.15, 0.2) is 11.5 Å². The second-order valence-corrected chi connectivity index (χ2v) is 19.7. The molecule has 75 heavy (non-hydrogen) atoms. The van der Waals surface area contributed by atoms with Crippen LogP contribution in [0.2, 0.25) is 0 Å². The van der Waals surface area contributed by atoms with E-state index in [9.17, 15) is 45.7 Å². The first-order valence-electron chi connectivity index (χ1n) is 25.0. The minimum Gasteiger partial charge on any atom is -0.489 e. The Bertz CT molecular complexity index is 2690. The number of nitrogens with zero attached hydrogens (tertiary/aromatic N) is 3. The van der Waals surface area contributed by atoms with Crippen molar-refractivity contribution in [2.45, 2.75) is 112 Å². The van der Waals surface area contributed by atoms with E-state index >= 15 is 0 Å². The lowest BCUT2D eigenvalue weighted by atomic mass is 9.85. The van der Waals surface area contributed by atoms with Crippen LogP contribution in [-0.4, -0.2) is 103 Å². The van der Waals surface area contributed by atoms with E-state index in [4.69, 9.17) is 23.7 Å². The zero-order valence-electron chi connectivity index (χ0n) is 41.3. The smallest absolute Gasteiger partial charge is 0.417 e. The number of carbonyl (C=O) groups is 5. The van der Waals surface area contributed by atoms with E-state index in [2.05, 4.69) is 31.2 Å². The van der Waals surface area contributed by atoms with Crippen molar-refractivity contribution in [1.29, 1.82) is 4.78 Å². The lowest BCUT2D eigenvalue weighted by molar-refractivity contribution is -0.138. The number of alkyl halides is 3. The summed E-state index contributed by atoms with van der Waals surface area (Å²) in [4.78, 5) is 74.1. The third kappa shape index (κ3) is 16.1. The van der Waals surface area contributed by atoms with E-state index in [1.165, 1.54) is 24.3 Å². The number of hydrogen-bond acceptors (Lipinski definition) is 14. The molecule has 4 aromatic rings.